The van der Waals surface area contributed by atoms with Gasteiger partial charge >= 0.3 is 5.97 Å². The summed E-state index contributed by atoms with van der Waals surface area (Å²) in [7, 11) is 0. The van der Waals surface area contributed by atoms with Crippen LogP contribution in [0.25, 0.3) is 0 Å². The quantitative estimate of drug-likeness (QED) is 0.754. The van der Waals surface area contributed by atoms with Crippen LogP contribution < -0.4 is 5.32 Å². The Morgan fingerprint density at radius 3 is 2.57 bits per heavy atom. The molecule has 1 fully saturated rings. The highest BCUT2D eigenvalue weighted by molar-refractivity contribution is 6.33. The number of ether oxygens (including phenoxy) is 1. The summed E-state index contributed by atoms with van der Waals surface area (Å²) < 4.78 is 5.11. The molecule has 28 heavy (non-hydrogen) atoms. The second kappa shape index (κ2) is 8.89. The highest BCUT2D eigenvalue weighted by Crippen LogP contribution is 2.29. The van der Waals surface area contributed by atoms with Gasteiger partial charge in [0, 0.05) is 13.0 Å². The second-order valence-corrected chi connectivity index (χ2v) is 7.08. The van der Waals surface area contributed by atoms with Gasteiger partial charge in [-0.05, 0) is 24.6 Å². The summed E-state index contributed by atoms with van der Waals surface area (Å²) in [5, 5.41) is 2.99. The summed E-state index contributed by atoms with van der Waals surface area (Å²) in [5.74, 6) is -1.71. The van der Waals surface area contributed by atoms with Crippen LogP contribution in [0.15, 0.2) is 54.6 Å². The number of esters is 1. The van der Waals surface area contributed by atoms with Crippen molar-refractivity contribution in [2.45, 2.75) is 19.4 Å². The van der Waals surface area contributed by atoms with E-state index in [9.17, 15) is 14.4 Å². The molecule has 1 heterocycles. The van der Waals surface area contributed by atoms with Crippen LogP contribution in [0.5, 0.6) is 0 Å². The minimum atomic E-state index is -0.577. The summed E-state index contributed by atoms with van der Waals surface area (Å²) in [6.07, 6.45) is 0.0855. The van der Waals surface area contributed by atoms with Gasteiger partial charge in [-0.3, -0.25) is 14.4 Å². The lowest BCUT2D eigenvalue weighted by Gasteiger charge is -2.25. The molecule has 1 N–H and O–H groups in total. The van der Waals surface area contributed by atoms with Crippen molar-refractivity contribution < 1.29 is 19.1 Å². The average Bonchev–Trinajstić information content (AvgIpc) is 3.10. The van der Waals surface area contributed by atoms with Crippen LogP contribution in [0.3, 0.4) is 0 Å². The number of para-hydroxylation sites is 1. The minimum absolute atomic E-state index is 0.0855. The number of nitrogens with one attached hydrogen (secondary N) is 1. The summed E-state index contributed by atoms with van der Waals surface area (Å²) in [5.41, 5.74) is 1.45. The maximum atomic E-state index is 12.3. The average molecular weight is 401 g/mol. The molecule has 0 aromatic heterocycles. The maximum Gasteiger partial charge on any atom is 0.311 e. The topological polar surface area (TPSA) is 75.7 Å². The van der Waals surface area contributed by atoms with Gasteiger partial charge in [0.05, 0.1) is 22.7 Å². The first-order chi connectivity index (χ1) is 13.5. The van der Waals surface area contributed by atoms with E-state index in [1.54, 1.807) is 29.2 Å². The van der Waals surface area contributed by atoms with E-state index in [0.717, 1.165) is 5.56 Å². The number of amides is 2. The Labute approximate surface area is 168 Å². The largest absolute Gasteiger partial charge is 0.455 e. The molecule has 0 unspecified atom stereocenters. The number of hydrogen-bond donors (Lipinski definition) is 1. The number of rotatable bonds is 6. The molecule has 1 saturated heterocycles. The zero-order valence-electron chi connectivity index (χ0n) is 15.4. The molecule has 6 nitrogen and oxygen atoms in total. The predicted octanol–water partition coefficient (Wildman–Crippen LogP) is 3.43. The Morgan fingerprint density at radius 1 is 1.18 bits per heavy atom. The van der Waals surface area contributed by atoms with E-state index in [0.29, 0.717) is 10.7 Å². The zero-order chi connectivity index (χ0) is 20.1. The number of likely N-dealkylation sites (tertiary alicyclic amines) is 1. The number of carbonyl (C=O) groups is 3. The Bertz CT molecular complexity index is 872. The molecule has 7 heteroatoms. The van der Waals surface area contributed by atoms with Crippen molar-refractivity contribution >= 4 is 35.1 Å². The number of benzene rings is 2. The first-order valence-electron chi connectivity index (χ1n) is 9.01. The number of hydrogen-bond acceptors (Lipinski definition) is 4. The van der Waals surface area contributed by atoms with E-state index in [4.69, 9.17) is 16.3 Å². The molecule has 3 rings (SSSR count). The molecule has 0 bridgehead atoms. The van der Waals surface area contributed by atoms with Crippen molar-refractivity contribution in [1.29, 1.82) is 0 Å². The van der Waals surface area contributed by atoms with E-state index < -0.39 is 24.4 Å². The molecule has 1 aliphatic heterocycles. The summed E-state index contributed by atoms with van der Waals surface area (Å²) in [4.78, 5) is 38.3. The van der Waals surface area contributed by atoms with Crippen molar-refractivity contribution in [2.75, 3.05) is 18.5 Å². The normalized spacial score (nSPS) is 17.3. The van der Waals surface area contributed by atoms with E-state index in [1.807, 2.05) is 37.3 Å². The van der Waals surface area contributed by atoms with E-state index in [2.05, 4.69) is 5.32 Å². The van der Waals surface area contributed by atoms with Crippen molar-refractivity contribution in [2.24, 2.45) is 5.92 Å². The second-order valence-electron chi connectivity index (χ2n) is 6.67. The SMILES string of the molecule is C[C@H](c1ccccc1)N1C[C@@H](C(=O)OCC(=O)Nc2ccccc2Cl)CC1=O. The van der Waals surface area contributed by atoms with Crippen LogP contribution in [0, 0.1) is 5.92 Å². The molecule has 1 aliphatic rings. The van der Waals surface area contributed by atoms with Crippen molar-refractivity contribution in [3.63, 3.8) is 0 Å². The predicted molar refractivity (Wildman–Crippen MR) is 106 cm³/mol. The molecule has 2 aromatic rings. The van der Waals surface area contributed by atoms with Crippen LogP contribution in [-0.2, 0) is 19.1 Å². The van der Waals surface area contributed by atoms with Crippen LogP contribution in [0.1, 0.15) is 24.9 Å². The summed E-state index contributed by atoms with van der Waals surface area (Å²) in [6.45, 7) is 1.78. The lowest BCUT2D eigenvalue weighted by atomic mass is 10.1. The molecule has 0 radical (unpaired) electrons. The molecule has 2 atom stereocenters. The van der Waals surface area contributed by atoms with Gasteiger partial charge in [-0.25, -0.2) is 0 Å². The monoisotopic (exact) mass is 400 g/mol. The van der Waals surface area contributed by atoms with E-state index >= 15 is 0 Å². The lowest BCUT2D eigenvalue weighted by Crippen LogP contribution is -2.30. The molecular formula is C21H21ClN2O4. The van der Waals surface area contributed by atoms with E-state index in [1.165, 1.54) is 0 Å². The summed E-state index contributed by atoms with van der Waals surface area (Å²) >= 11 is 5.98. The highest BCUT2D eigenvalue weighted by atomic mass is 35.5. The zero-order valence-corrected chi connectivity index (χ0v) is 16.2. The molecule has 146 valence electrons. The lowest BCUT2D eigenvalue weighted by molar-refractivity contribution is -0.151. The molecule has 0 spiro atoms. The van der Waals surface area contributed by atoms with Gasteiger partial charge in [0.1, 0.15) is 0 Å². The minimum Gasteiger partial charge on any atom is -0.455 e. The maximum absolute atomic E-state index is 12.3. The van der Waals surface area contributed by atoms with Crippen LogP contribution in [0.4, 0.5) is 5.69 Å². The van der Waals surface area contributed by atoms with Crippen molar-refractivity contribution in [3.05, 3.63) is 65.2 Å². The van der Waals surface area contributed by atoms with Crippen LogP contribution >= 0.6 is 11.6 Å². The number of carbonyl (C=O) groups excluding carboxylic acids is 3. The van der Waals surface area contributed by atoms with Gasteiger partial charge in [-0.1, -0.05) is 54.1 Å². The third kappa shape index (κ3) is 4.70. The smallest absolute Gasteiger partial charge is 0.311 e. The number of halogens is 1. The first-order valence-corrected chi connectivity index (χ1v) is 9.39. The third-order valence-corrected chi connectivity index (χ3v) is 5.06. The Hall–Kier alpha value is -2.86. The van der Waals surface area contributed by atoms with E-state index in [-0.39, 0.29) is 24.9 Å². The molecule has 0 saturated carbocycles. The fourth-order valence-electron chi connectivity index (χ4n) is 3.18. The Morgan fingerprint density at radius 2 is 1.86 bits per heavy atom. The first kappa shape index (κ1) is 19.9. The van der Waals surface area contributed by atoms with Gasteiger partial charge in [0.2, 0.25) is 5.91 Å². The highest BCUT2D eigenvalue weighted by Gasteiger charge is 2.38. The Balaban J connectivity index is 1.52. The molecular weight excluding hydrogens is 380 g/mol. The van der Waals surface area contributed by atoms with Gasteiger partial charge in [-0.2, -0.15) is 0 Å². The van der Waals surface area contributed by atoms with Crippen molar-refractivity contribution in [3.8, 4) is 0 Å². The van der Waals surface area contributed by atoms with Gasteiger partial charge in [0.25, 0.3) is 5.91 Å². The van der Waals surface area contributed by atoms with Crippen molar-refractivity contribution in [1.82, 2.24) is 4.90 Å². The van der Waals surface area contributed by atoms with Crippen LogP contribution in [-0.4, -0.2) is 35.8 Å². The molecule has 2 amide bonds. The van der Waals surface area contributed by atoms with Gasteiger partial charge in [0.15, 0.2) is 6.61 Å². The molecule has 2 aromatic carbocycles. The number of anilines is 1. The van der Waals surface area contributed by atoms with Gasteiger partial charge in [-0.15, -0.1) is 0 Å². The van der Waals surface area contributed by atoms with Crippen LogP contribution in [0.2, 0.25) is 5.02 Å². The fraction of sp³-hybridized carbons (Fsp3) is 0.286. The fourth-order valence-corrected chi connectivity index (χ4v) is 3.36. The Kier molecular flexibility index (Phi) is 6.31. The van der Waals surface area contributed by atoms with Gasteiger partial charge < -0.3 is 15.0 Å². The number of nitrogens with zero attached hydrogens (tertiary/aromatic N) is 1. The third-order valence-electron chi connectivity index (χ3n) is 4.73. The molecule has 0 aliphatic carbocycles. The standard InChI is InChI=1S/C21H21ClN2O4/c1-14(15-7-3-2-4-8-15)24-12-16(11-20(24)26)21(27)28-13-19(25)23-18-10-6-5-9-17(18)22/h2-10,14,16H,11-13H2,1H3,(H,23,25)/t14-,16+/m1/s1. The summed E-state index contributed by atoms with van der Waals surface area (Å²) in [6, 6.07) is 16.3.